The first-order valence-corrected chi connectivity index (χ1v) is 6.94. The summed E-state index contributed by atoms with van der Waals surface area (Å²) in [6.45, 7) is 0. The van der Waals surface area contributed by atoms with Crippen molar-refractivity contribution in [2.45, 2.75) is 0 Å². The van der Waals surface area contributed by atoms with Crippen molar-refractivity contribution in [1.29, 1.82) is 5.26 Å². The van der Waals surface area contributed by atoms with Gasteiger partial charge in [-0.3, -0.25) is 14.9 Å². The number of aromatic hydroxyl groups is 1. The van der Waals surface area contributed by atoms with E-state index in [1.54, 1.807) is 18.2 Å². The number of carbonyl (C=O) groups excluding carboxylic acids is 1. The highest BCUT2D eigenvalue weighted by Crippen LogP contribution is 2.27. The lowest BCUT2D eigenvalue weighted by Gasteiger charge is -2.06. The molecule has 0 saturated heterocycles. The van der Waals surface area contributed by atoms with E-state index in [1.165, 1.54) is 30.3 Å². The molecule has 2 rings (SSSR count). The fourth-order valence-electron chi connectivity index (χ4n) is 1.79. The molecular weight excluding hydrogens is 334 g/mol. The van der Waals surface area contributed by atoms with E-state index < -0.39 is 10.8 Å². The van der Waals surface area contributed by atoms with Gasteiger partial charge in [0.15, 0.2) is 0 Å². The minimum Gasteiger partial charge on any atom is -0.508 e. The summed E-state index contributed by atoms with van der Waals surface area (Å²) in [6, 6.07) is 11.3. The maximum absolute atomic E-state index is 12.1. The zero-order valence-electron chi connectivity index (χ0n) is 12.1. The molecule has 0 fully saturated rings. The van der Waals surface area contributed by atoms with Crippen LogP contribution in [0.1, 0.15) is 5.56 Å². The first-order valence-electron chi connectivity index (χ1n) is 6.57. The van der Waals surface area contributed by atoms with Crippen LogP contribution in [-0.2, 0) is 4.79 Å². The number of benzene rings is 2. The number of anilines is 1. The number of halogens is 1. The van der Waals surface area contributed by atoms with Crippen molar-refractivity contribution < 1.29 is 14.8 Å². The van der Waals surface area contributed by atoms with Crippen molar-refractivity contribution in [3.63, 3.8) is 0 Å². The van der Waals surface area contributed by atoms with E-state index in [4.69, 9.17) is 16.9 Å². The number of hydrogen-bond acceptors (Lipinski definition) is 5. The fourth-order valence-corrected chi connectivity index (χ4v) is 2.02. The van der Waals surface area contributed by atoms with Gasteiger partial charge < -0.3 is 10.4 Å². The van der Waals surface area contributed by atoms with Gasteiger partial charge in [0.1, 0.15) is 17.4 Å². The molecule has 2 aromatic rings. The number of nitrogens with zero attached hydrogens (tertiary/aromatic N) is 2. The second-order valence-electron chi connectivity index (χ2n) is 4.64. The number of hydrogen-bond donors (Lipinski definition) is 2. The van der Waals surface area contributed by atoms with Crippen molar-refractivity contribution in [3.05, 3.63) is 68.7 Å². The maximum atomic E-state index is 12.1. The topological polar surface area (TPSA) is 116 Å². The molecule has 0 saturated carbocycles. The summed E-state index contributed by atoms with van der Waals surface area (Å²) in [4.78, 5) is 22.2. The van der Waals surface area contributed by atoms with Gasteiger partial charge in [0.2, 0.25) is 0 Å². The van der Waals surface area contributed by atoms with Crippen LogP contribution in [0.3, 0.4) is 0 Å². The van der Waals surface area contributed by atoms with Crippen LogP contribution in [0.4, 0.5) is 11.4 Å². The van der Waals surface area contributed by atoms with Crippen LogP contribution in [0.5, 0.6) is 5.75 Å². The van der Waals surface area contributed by atoms with Gasteiger partial charge in [-0.15, -0.1) is 0 Å². The Bertz CT molecular complexity index is 870. The number of nitro groups is 1. The molecule has 8 heteroatoms. The number of amides is 1. The van der Waals surface area contributed by atoms with Gasteiger partial charge >= 0.3 is 0 Å². The van der Waals surface area contributed by atoms with Crippen LogP contribution in [0.25, 0.3) is 6.08 Å². The maximum Gasteiger partial charge on any atom is 0.271 e. The van der Waals surface area contributed by atoms with Gasteiger partial charge in [-0.2, -0.15) is 5.26 Å². The number of nitro benzene ring substituents is 1. The van der Waals surface area contributed by atoms with E-state index in [9.17, 15) is 20.0 Å². The smallest absolute Gasteiger partial charge is 0.271 e. The molecule has 2 aromatic carbocycles. The lowest BCUT2D eigenvalue weighted by molar-refractivity contribution is -0.384. The van der Waals surface area contributed by atoms with Crippen molar-refractivity contribution in [1.82, 2.24) is 0 Å². The molecule has 0 aromatic heterocycles. The predicted molar refractivity (Wildman–Crippen MR) is 88.4 cm³/mol. The summed E-state index contributed by atoms with van der Waals surface area (Å²) in [5.41, 5.74) is 0.307. The number of non-ortho nitro benzene ring substituents is 1. The van der Waals surface area contributed by atoms with E-state index in [1.807, 2.05) is 0 Å². The molecule has 120 valence electrons. The molecule has 0 atom stereocenters. The monoisotopic (exact) mass is 343 g/mol. The number of nitrogens with one attached hydrogen (secondary N) is 1. The molecule has 0 aliphatic rings. The summed E-state index contributed by atoms with van der Waals surface area (Å²) in [5.74, 6) is -0.644. The molecule has 2 N–H and O–H groups in total. The Labute approximate surface area is 141 Å². The van der Waals surface area contributed by atoms with Gasteiger partial charge in [0.05, 0.1) is 15.6 Å². The predicted octanol–water partition coefficient (Wildman–Crippen LogP) is 3.50. The summed E-state index contributed by atoms with van der Waals surface area (Å²) >= 11 is 5.89. The summed E-state index contributed by atoms with van der Waals surface area (Å²) in [7, 11) is 0. The van der Waals surface area contributed by atoms with Crippen LogP contribution >= 0.6 is 11.6 Å². The molecule has 0 heterocycles. The number of nitriles is 1. The second-order valence-corrected chi connectivity index (χ2v) is 5.04. The molecule has 1 amide bonds. The Kier molecular flexibility index (Phi) is 5.14. The van der Waals surface area contributed by atoms with Crippen LogP contribution in [0.2, 0.25) is 5.02 Å². The number of rotatable bonds is 4. The standard InChI is InChI=1S/C16H10ClN3O4/c17-14-8-12(20(23)24)3-6-15(14)19-16(22)11(9-18)7-10-1-4-13(21)5-2-10/h1-8,21H,(H,19,22)/b11-7+. The zero-order chi connectivity index (χ0) is 17.7. The molecule has 0 aliphatic carbocycles. The van der Waals surface area contributed by atoms with Crippen molar-refractivity contribution in [3.8, 4) is 11.8 Å². The number of carbonyl (C=O) groups is 1. The van der Waals surface area contributed by atoms with Crippen LogP contribution < -0.4 is 5.32 Å². The zero-order valence-corrected chi connectivity index (χ0v) is 12.8. The Morgan fingerprint density at radius 3 is 2.50 bits per heavy atom. The van der Waals surface area contributed by atoms with E-state index in [0.717, 1.165) is 6.07 Å². The summed E-state index contributed by atoms with van der Waals surface area (Å²) in [5, 5.41) is 31.4. The number of phenolic OH excluding ortho intramolecular Hbond substituents is 1. The second kappa shape index (κ2) is 7.26. The van der Waals surface area contributed by atoms with Gasteiger partial charge in [-0.1, -0.05) is 23.7 Å². The van der Waals surface area contributed by atoms with Gasteiger partial charge in [0, 0.05) is 12.1 Å². The molecule has 0 spiro atoms. The third-order valence-electron chi connectivity index (χ3n) is 2.98. The highest BCUT2D eigenvalue weighted by molar-refractivity contribution is 6.34. The van der Waals surface area contributed by atoms with Gasteiger partial charge in [-0.25, -0.2) is 0 Å². The van der Waals surface area contributed by atoms with Crippen LogP contribution in [0, 0.1) is 21.4 Å². The van der Waals surface area contributed by atoms with E-state index in [-0.39, 0.29) is 27.7 Å². The van der Waals surface area contributed by atoms with Crippen LogP contribution in [0.15, 0.2) is 48.0 Å². The Hall–Kier alpha value is -3.37. The first kappa shape index (κ1) is 17.0. The fraction of sp³-hybridized carbons (Fsp3) is 0. The molecule has 24 heavy (non-hydrogen) atoms. The molecule has 0 bridgehead atoms. The number of phenols is 1. The molecular formula is C16H10ClN3O4. The highest BCUT2D eigenvalue weighted by atomic mass is 35.5. The summed E-state index contributed by atoms with van der Waals surface area (Å²) in [6.07, 6.45) is 1.34. The van der Waals surface area contributed by atoms with Crippen molar-refractivity contribution >= 4 is 35.0 Å². The van der Waals surface area contributed by atoms with Crippen LogP contribution in [-0.4, -0.2) is 15.9 Å². The molecule has 0 radical (unpaired) electrons. The van der Waals surface area contributed by atoms with E-state index in [2.05, 4.69) is 5.32 Å². The Balaban J connectivity index is 2.22. The highest BCUT2D eigenvalue weighted by Gasteiger charge is 2.14. The average molecular weight is 344 g/mol. The third-order valence-corrected chi connectivity index (χ3v) is 3.29. The SMILES string of the molecule is N#C/C(=C\c1ccc(O)cc1)C(=O)Nc1ccc([N+](=O)[O-])cc1Cl. The largest absolute Gasteiger partial charge is 0.508 e. The molecule has 0 aliphatic heterocycles. The van der Waals surface area contributed by atoms with E-state index >= 15 is 0 Å². The van der Waals surface area contributed by atoms with Crippen molar-refractivity contribution in [2.24, 2.45) is 0 Å². The Morgan fingerprint density at radius 2 is 1.96 bits per heavy atom. The van der Waals surface area contributed by atoms with Crippen molar-refractivity contribution in [2.75, 3.05) is 5.32 Å². The third kappa shape index (κ3) is 4.09. The average Bonchev–Trinajstić information content (AvgIpc) is 2.55. The van der Waals surface area contributed by atoms with E-state index in [0.29, 0.717) is 5.56 Å². The Morgan fingerprint density at radius 1 is 1.29 bits per heavy atom. The lowest BCUT2D eigenvalue weighted by Crippen LogP contribution is -2.13. The quantitative estimate of drug-likeness (QED) is 0.381. The van der Waals surface area contributed by atoms with Gasteiger partial charge in [0.25, 0.3) is 11.6 Å². The lowest BCUT2D eigenvalue weighted by atomic mass is 10.1. The summed E-state index contributed by atoms with van der Waals surface area (Å²) < 4.78 is 0. The molecule has 7 nitrogen and oxygen atoms in total. The minimum absolute atomic E-state index is 0.0144. The molecule has 0 unspecified atom stereocenters. The minimum atomic E-state index is -0.707. The normalized spacial score (nSPS) is 10.8. The van der Waals surface area contributed by atoms with Gasteiger partial charge in [-0.05, 0) is 29.8 Å². The first-order chi connectivity index (χ1) is 11.4.